The van der Waals surface area contributed by atoms with E-state index in [2.05, 4.69) is 9.71 Å². The Morgan fingerprint density at radius 2 is 1.94 bits per heavy atom. The van der Waals surface area contributed by atoms with Crippen molar-refractivity contribution in [3.05, 3.63) is 88.4 Å². The molecular formula is C22H20N4O6S. The Kier molecular flexibility index (Phi) is 5.88. The molecule has 0 aliphatic rings. The Morgan fingerprint density at radius 1 is 1.12 bits per heavy atom. The van der Waals surface area contributed by atoms with Gasteiger partial charge in [0.25, 0.3) is 15.7 Å². The molecule has 0 unspecified atom stereocenters. The van der Waals surface area contributed by atoms with Gasteiger partial charge in [0, 0.05) is 30.1 Å². The van der Waals surface area contributed by atoms with Crippen LogP contribution in [-0.4, -0.2) is 29.8 Å². The average Bonchev–Trinajstić information content (AvgIpc) is 3.20. The van der Waals surface area contributed by atoms with Crippen molar-refractivity contribution in [2.75, 3.05) is 11.8 Å². The second-order valence-electron chi connectivity index (χ2n) is 7.16. The van der Waals surface area contributed by atoms with Crippen molar-refractivity contribution in [2.45, 2.75) is 18.4 Å². The fourth-order valence-corrected chi connectivity index (χ4v) is 4.30. The van der Waals surface area contributed by atoms with Crippen molar-refractivity contribution in [1.29, 1.82) is 0 Å². The van der Waals surface area contributed by atoms with Crippen molar-refractivity contribution in [1.82, 2.24) is 9.38 Å². The molecule has 2 aromatic heterocycles. The summed E-state index contributed by atoms with van der Waals surface area (Å²) in [6.45, 7) is 1.68. The number of aromatic nitrogens is 2. The fourth-order valence-electron chi connectivity index (χ4n) is 3.23. The number of sulfonamides is 1. The van der Waals surface area contributed by atoms with E-state index in [1.54, 1.807) is 6.07 Å². The van der Waals surface area contributed by atoms with E-state index in [1.165, 1.54) is 38.3 Å². The number of nitro groups is 1. The monoisotopic (exact) mass is 468 g/mol. The molecule has 1 N–H and O–H groups in total. The van der Waals surface area contributed by atoms with Gasteiger partial charge in [-0.3, -0.25) is 14.8 Å². The van der Waals surface area contributed by atoms with Crippen LogP contribution in [0.3, 0.4) is 0 Å². The first-order chi connectivity index (χ1) is 15.8. The molecule has 0 spiro atoms. The van der Waals surface area contributed by atoms with E-state index in [4.69, 9.17) is 9.47 Å². The first-order valence-corrected chi connectivity index (χ1v) is 11.3. The van der Waals surface area contributed by atoms with Crippen LogP contribution in [0, 0.1) is 17.0 Å². The SMILES string of the molecule is COc1ccc(NS(=O)(=O)c2ccc(C)c([N+](=O)[O-])c2)cc1OCc1cn2ccccc2n1. The lowest BCUT2D eigenvalue weighted by Gasteiger charge is -2.13. The van der Waals surface area contributed by atoms with Gasteiger partial charge in [-0.25, -0.2) is 13.4 Å². The normalized spacial score (nSPS) is 11.3. The molecule has 4 aromatic rings. The molecule has 0 aliphatic carbocycles. The summed E-state index contributed by atoms with van der Waals surface area (Å²) >= 11 is 0. The number of fused-ring (bicyclic) bond motifs is 1. The van der Waals surface area contributed by atoms with Crippen LogP contribution in [0.2, 0.25) is 0 Å². The molecule has 2 aromatic carbocycles. The highest BCUT2D eigenvalue weighted by molar-refractivity contribution is 7.92. The third-order valence-corrected chi connectivity index (χ3v) is 6.27. The highest BCUT2D eigenvalue weighted by atomic mass is 32.2. The van der Waals surface area contributed by atoms with Gasteiger partial charge in [-0.1, -0.05) is 12.1 Å². The van der Waals surface area contributed by atoms with Gasteiger partial charge in [-0.15, -0.1) is 0 Å². The molecule has 0 amide bonds. The number of imidazole rings is 1. The molecule has 10 nitrogen and oxygen atoms in total. The largest absolute Gasteiger partial charge is 0.493 e. The molecule has 0 radical (unpaired) electrons. The van der Waals surface area contributed by atoms with Crippen LogP contribution in [0.25, 0.3) is 5.65 Å². The number of nitro benzene ring substituents is 1. The Morgan fingerprint density at radius 3 is 2.67 bits per heavy atom. The predicted molar refractivity (Wildman–Crippen MR) is 121 cm³/mol. The molecule has 0 saturated heterocycles. The van der Waals surface area contributed by atoms with E-state index in [1.807, 2.05) is 35.0 Å². The Labute approximate surface area is 189 Å². The van der Waals surface area contributed by atoms with Crippen LogP contribution >= 0.6 is 0 Å². The molecule has 33 heavy (non-hydrogen) atoms. The molecule has 170 valence electrons. The number of anilines is 1. The van der Waals surface area contributed by atoms with Crippen molar-refractivity contribution in [3.63, 3.8) is 0 Å². The summed E-state index contributed by atoms with van der Waals surface area (Å²) in [5, 5.41) is 11.2. The van der Waals surface area contributed by atoms with E-state index >= 15 is 0 Å². The second kappa shape index (κ2) is 8.79. The zero-order valence-electron chi connectivity index (χ0n) is 17.8. The van der Waals surface area contributed by atoms with E-state index in [-0.39, 0.29) is 22.9 Å². The second-order valence-corrected chi connectivity index (χ2v) is 8.85. The first kappa shape index (κ1) is 22.1. The third-order valence-electron chi connectivity index (χ3n) is 4.89. The number of pyridine rings is 1. The van der Waals surface area contributed by atoms with Crippen LogP contribution in [0.1, 0.15) is 11.3 Å². The fraction of sp³-hybridized carbons (Fsp3) is 0.136. The van der Waals surface area contributed by atoms with Crippen LogP contribution < -0.4 is 14.2 Å². The Balaban J connectivity index is 1.57. The lowest BCUT2D eigenvalue weighted by Crippen LogP contribution is -2.13. The number of nitrogens with zero attached hydrogens (tertiary/aromatic N) is 3. The van der Waals surface area contributed by atoms with Gasteiger partial charge in [-0.2, -0.15) is 0 Å². The van der Waals surface area contributed by atoms with Crippen LogP contribution in [0.5, 0.6) is 11.5 Å². The minimum Gasteiger partial charge on any atom is -0.493 e. The number of benzene rings is 2. The van der Waals surface area contributed by atoms with Gasteiger partial charge >= 0.3 is 0 Å². The summed E-state index contributed by atoms with van der Waals surface area (Å²) < 4.78 is 41.1. The molecule has 11 heteroatoms. The minimum absolute atomic E-state index is 0.137. The zero-order valence-corrected chi connectivity index (χ0v) is 18.6. The number of ether oxygens (including phenoxy) is 2. The van der Waals surface area contributed by atoms with Crippen molar-refractivity contribution in [3.8, 4) is 11.5 Å². The van der Waals surface area contributed by atoms with Gasteiger partial charge in [-0.05, 0) is 37.3 Å². The summed E-state index contributed by atoms with van der Waals surface area (Å²) in [5.74, 6) is 0.720. The zero-order chi connectivity index (χ0) is 23.6. The lowest BCUT2D eigenvalue weighted by atomic mass is 10.2. The average molecular weight is 468 g/mol. The third kappa shape index (κ3) is 4.72. The number of nitrogens with one attached hydrogen (secondary N) is 1. The lowest BCUT2D eigenvalue weighted by molar-refractivity contribution is -0.385. The van der Waals surface area contributed by atoms with Gasteiger partial charge < -0.3 is 13.9 Å². The quantitative estimate of drug-likeness (QED) is 0.307. The molecule has 0 bridgehead atoms. The van der Waals surface area contributed by atoms with Crippen LogP contribution in [-0.2, 0) is 16.6 Å². The molecule has 2 heterocycles. The standard InChI is InChI=1S/C22H20N4O6S/c1-15-6-8-18(12-19(15)26(27)28)33(29,30)24-16-7-9-20(31-2)21(11-16)32-14-17-13-25-10-4-3-5-22(25)23-17/h3-13,24H,14H2,1-2H3. The molecule has 4 rings (SSSR count). The summed E-state index contributed by atoms with van der Waals surface area (Å²) in [5.41, 5.74) is 1.76. The maximum absolute atomic E-state index is 12.8. The summed E-state index contributed by atoms with van der Waals surface area (Å²) in [6.07, 6.45) is 3.70. The maximum Gasteiger partial charge on any atom is 0.273 e. The number of hydrogen-bond donors (Lipinski definition) is 1. The number of hydrogen-bond acceptors (Lipinski definition) is 7. The Bertz CT molecular complexity index is 1420. The van der Waals surface area contributed by atoms with Gasteiger partial charge in [0.15, 0.2) is 11.5 Å². The van der Waals surface area contributed by atoms with Crippen molar-refractivity contribution >= 4 is 27.0 Å². The van der Waals surface area contributed by atoms with E-state index in [0.29, 0.717) is 22.8 Å². The highest BCUT2D eigenvalue weighted by Crippen LogP contribution is 2.32. The first-order valence-electron chi connectivity index (χ1n) is 9.78. The predicted octanol–water partition coefficient (Wildman–Crippen LogP) is 3.94. The van der Waals surface area contributed by atoms with Gasteiger partial charge in [0.2, 0.25) is 0 Å². The summed E-state index contributed by atoms with van der Waals surface area (Å²) in [4.78, 5) is 14.8. The van der Waals surface area contributed by atoms with E-state index < -0.39 is 14.9 Å². The molecular weight excluding hydrogens is 448 g/mol. The van der Waals surface area contributed by atoms with Crippen LogP contribution in [0.15, 0.2) is 71.9 Å². The minimum atomic E-state index is -4.07. The number of rotatable bonds is 8. The van der Waals surface area contributed by atoms with Gasteiger partial charge in [0.05, 0.1) is 28.3 Å². The van der Waals surface area contributed by atoms with Crippen molar-refractivity contribution < 1.29 is 22.8 Å². The number of aryl methyl sites for hydroxylation is 1. The summed E-state index contributed by atoms with van der Waals surface area (Å²) in [6, 6.07) is 13.9. The maximum atomic E-state index is 12.8. The van der Waals surface area contributed by atoms with Crippen molar-refractivity contribution in [2.24, 2.45) is 0 Å². The van der Waals surface area contributed by atoms with E-state index in [9.17, 15) is 18.5 Å². The smallest absolute Gasteiger partial charge is 0.273 e. The molecule has 0 atom stereocenters. The highest BCUT2D eigenvalue weighted by Gasteiger charge is 2.20. The summed E-state index contributed by atoms with van der Waals surface area (Å²) in [7, 11) is -2.60. The van der Waals surface area contributed by atoms with Gasteiger partial charge in [0.1, 0.15) is 12.3 Å². The molecule has 0 saturated carbocycles. The van der Waals surface area contributed by atoms with E-state index in [0.717, 1.165) is 11.7 Å². The molecule has 0 fully saturated rings. The van der Waals surface area contributed by atoms with Crippen LogP contribution in [0.4, 0.5) is 11.4 Å². The Hall–Kier alpha value is -4.12. The topological polar surface area (TPSA) is 125 Å². The number of methoxy groups -OCH3 is 1. The molecule has 0 aliphatic heterocycles.